The fraction of sp³-hybridized carbons (Fsp3) is 0.278. The van der Waals surface area contributed by atoms with Crippen LogP contribution < -0.4 is 10.0 Å². The normalized spacial score (nSPS) is 17.4. The number of hydrogen-bond donors (Lipinski definition) is 2. The van der Waals surface area contributed by atoms with Crippen molar-refractivity contribution in [2.24, 2.45) is 0 Å². The Kier molecular flexibility index (Phi) is 4.79. The molecule has 3 rings (SSSR count). The molecular formula is C18H20N2O3S2. The van der Waals surface area contributed by atoms with Gasteiger partial charge in [-0.3, -0.25) is 9.52 Å². The van der Waals surface area contributed by atoms with E-state index in [1.165, 1.54) is 6.07 Å². The van der Waals surface area contributed by atoms with Gasteiger partial charge in [-0.1, -0.05) is 24.6 Å². The summed E-state index contributed by atoms with van der Waals surface area (Å²) in [5.41, 5.74) is 3.02. The van der Waals surface area contributed by atoms with Crippen molar-refractivity contribution in [2.45, 2.75) is 42.2 Å². The number of anilines is 2. The number of thioether (sulfide) groups is 1. The van der Waals surface area contributed by atoms with E-state index in [9.17, 15) is 13.2 Å². The number of carbonyl (C=O) groups excluding carboxylic acids is 1. The SMILES string of the molecule is Cc1ccc(NS(=O)(=O)c2ccc3c(c2)NC(=O)C[C@@H](C)S3)c(C)c1. The Balaban J connectivity index is 1.94. The average molecular weight is 377 g/mol. The molecule has 0 bridgehead atoms. The fourth-order valence-electron chi connectivity index (χ4n) is 2.73. The lowest BCUT2D eigenvalue weighted by Gasteiger charge is -2.13. The highest BCUT2D eigenvalue weighted by Gasteiger charge is 2.22. The third-order valence-corrected chi connectivity index (χ3v) is 6.50. The molecule has 1 atom stereocenters. The van der Waals surface area contributed by atoms with Gasteiger partial charge in [-0.2, -0.15) is 0 Å². The van der Waals surface area contributed by atoms with Gasteiger partial charge in [0.05, 0.1) is 16.3 Å². The van der Waals surface area contributed by atoms with Crippen LogP contribution >= 0.6 is 11.8 Å². The summed E-state index contributed by atoms with van der Waals surface area (Å²) in [5.74, 6) is -0.101. The second-order valence-electron chi connectivity index (χ2n) is 6.26. The van der Waals surface area contributed by atoms with E-state index in [1.54, 1.807) is 30.0 Å². The summed E-state index contributed by atoms with van der Waals surface area (Å²) in [7, 11) is -3.74. The Labute approximate surface area is 152 Å². The van der Waals surface area contributed by atoms with Gasteiger partial charge in [0.2, 0.25) is 5.91 Å². The van der Waals surface area contributed by atoms with Crippen LogP contribution in [0.3, 0.4) is 0 Å². The van der Waals surface area contributed by atoms with Crippen LogP contribution in [0.2, 0.25) is 0 Å². The minimum absolute atomic E-state index is 0.101. The number of benzene rings is 2. The highest BCUT2D eigenvalue weighted by Crippen LogP contribution is 2.36. The lowest BCUT2D eigenvalue weighted by Crippen LogP contribution is -2.15. The van der Waals surface area contributed by atoms with E-state index in [2.05, 4.69) is 10.0 Å². The molecule has 25 heavy (non-hydrogen) atoms. The largest absolute Gasteiger partial charge is 0.325 e. The molecule has 1 amide bonds. The van der Waals surface area contributed by atoms with Crippen LogP contribution in [-0.2, 0) is 14.8 Å². The number of nitrogens with one attached hydrogen (secondary N) is 2. The zero-order chi connectivity index (χ0) is 18.2. The quantitative estimate of drug-likeness (QED) is 0.851. The summed E-state index contributed by atoms with van der Waals surface area (Å²) in [6, 6.07) is 10.4. The summed E-state index contributed by atoms with van der Waals surface area (Å²) in [6.07, 6.45) is 0.405. The van der Waals surface area contributed by atoms with Crippen LogP contribution in [0, 0.1) is 13.8 Å². The van der Waals surface area contributed by atoms with E-state index >= 15 is 0 Å². The monoisotopic (exact) mass is 376 g/mol. The molecule has 132 valence electrons. The first-order valence-electron chi connectivity index (χ1n) is 7.95. The van der Waals surface area contributed by atoms with Gasteiger partial charge in [0, 0.05) is 16.6 Å². The topological polar surface area (TPSA) is 75.3 Å². The molecule has 1 heterocycles. The van der Waals surface area contributed by atoms with Crippen molar-refractivity contribution in [2.75, 3.05) is 10.0 Å². The zero-order valence-corrected chi connectivity index (χ0v) is 15.9. The number of aryl methyl sites for hydroxylation is 2. The number of hydrogen-bond acceptors (Lipinski definition) is 4. The van der Waals surface area contributed by atoms with Crippen molar-refractivity contribution in [3.05, 3.63) is 47.5 Å². The van der Waals surface area contributed by atoms with Crippen LogP contribution in [0.5, 0.6) is 0 Å². The number of fused-ring (bicyclic) bond motifs is 1. The first-order valence-corrected chi connectivity index (χ1v) is 10.3. The number of carbonyl (C=O) groups is 1. The van der Waals surface area contributed by atoms with Gasteiger partial charge in [0.25, 0.3) is 10.0 Å². The number of rotatable bonds is 3. The third-order valence-electron chi connectivity index (χ3n) is 3.96. The Hall–Kier alpha value is -1.99. The first-order chi connectivity index (χ1) is 11.7. The Morgan fingerprint density at radius 2 is 1.92 bits per heavy atom. The molecule has 1 aliphatic rings. The van der Waals surface area contributed by atoms with Crippen molar-refractivity contribution in [3.63, 3.8) is 0 Å². The lowest BCUT2D eigenvalue weighted by molar-refractivity contribution is -0.116. The van der Waals surface area contributed by atoms with Crippen molar-refractivity contribution in [1.29, 1.82) is 0 Å². The number of sulfonamides is 1. The smallest absolute Gasteiger partial charge is 0.261 e. The van der Waals surface area contributed by atoms with Crippen molar-refractivity contribution >= 4 is 39.1 Å². The number of amides is 1. The molecular weight excluding hydrogens is 356 g/mol. The Bertz CT molecular complexity index is 939. The Morgan fingerprint density at radius 3 is 2.64 bits per heavy atom. The first kappa shape index (κ1) is 17.8. The van der Waals surface area contributed by atoms with Gasteiger partial charge in [0.15, 0.2) is 0 Å². The van der Waals surface area contributed by atoms with Crippen LogP contribution in [0.4, 0.5) is 11.4 Å². The van der Waals surface area contributed by atoms with Crippen molar-refractivity contribution < 1.29 is 13.2 Å². The maximum absolute atomic E-state index is 12.7. The molecule has 0 saturated carbocycles. The van der Waals surface area contributed by atoms with Gasteiger partial charge in [0.1, 0.15) is 0 Å². The maximum atomic E-state index is 12.7. The highest BCUT2D eigenvalue weighted by molar-refractivity contribution is 8.00. The highest BCUT2D eigenvalue weighted by atomic mass is 32.2. The summed E-state index contributed by atoms with van der Waals surface area (Å²) < 4.78 is 28.1. The van der Waals surface area contributed by atoms with Crippen molar-refractivity contribution in [3.8, 4) is 0 Å². The molecule has 0 aromatic heterocycles. The summed E-state index contributed by atoms with van der Waals surface area (Å²) in [5, 5.41) is 2.95. The van der Waals surface area contributed by atoms with Gasteiger partial charge < -0.3 is 5.32 Å². The minimum atomic E-state index is -3.74. The summed E-state index contributed by atoms with van der Waals surface area (Å²) >= 11 is 1.57. The van der Waals surface area contributed by atoms with Crippen LogP contribution in [0.15, 0.2) is 46.2 Å². The fourth-order valence-corrected chi connectivity index (χ4v) is 4.94. The molecule has 0 spiro atoms. The summed E-state index contributed by atoms with van der Waals surface area (Å²) in [4.78, 5) is 12.9. The van der Waals surface area contributed by atoms with Crippen LogP contribution in [0.25, 0.3) is 0 Å². The molecule has 5 nitrogen and oxygen atoms in total. The molecule has 0 saturated heterocycles. The van der Waals surface area contributed by atoms with E-state index in [0.717, 1.165) is 16.0 Å². The average Bonchev–Trinajstić information content (AvgIpc) is 2.65. The lowest BCUT2D eigenvalue weighted by atomic mass is 10.1. The zero-order valence-electron chi connectivity index (χ0n) is 14.3. The second-order valence-corrected chi connectivity index (χ2v) is 9.43. The summed E-state index contributed by atoms with van der Waals surface area (Å²) in [6.45, 7) is 5.80. The molecule has 2 aromatic carbocycles. The standard InChI is InChI=1S/C18H20N2O3S2/c1-11-4-6-15(12(2)8-11)20-25(22,23)14-5-7-17-16(10-14)19-18(21)9-13(3)24-17/h4-8,10,13,20H,9H2,1-3H3,(H,19,21)/t13-/m1/s1. The predicted octanol–water partition coefficient (Wildman–Crippen LogP) is 3.93. The molecule has 2 N–H and O–H groups in total. The van der Waals surface area contributed by atoms with Crippen LogP contribution in [-0.4, -0.2) is 19.6 Å². The predicted molar refractivity (Wildman–Crippen MR) is 102 cm³/mol. The van der Waals surface area contributed by atoms with E-state index in [1.807, 2.05) is 32.9 Å². The minimum Gasteiger partial charge on any atom is -0.325 e. The molecule has 0 fully saturated rings. The molecule has 0 unspecified atom stereocenters. The molecule has 0 radical (unpaired) electrons. The molecule has 2 aromatic rings. The van der Waals surface area contributed by atoms with Gasteiger partial charge in [-0.25, -0.2) is 8.42 Å². The van der Waals surface area contributed by atoms with E-state index in [-0.39, 0.29) is 16.1 Å². The third kappa shape index (κ3) is 3.99. The van der Waals surface area contributed by atoms with Gasteiger partial charge >= 0.3 is 0 Å². The molecule has 1 aliphatic heterocycles. The Morgan fingerprint density at radius 1 is 1.16 bits per heavy atom. The molecule has 7 heteroatoms. The van der Waals surface area contributed by atoms with E-state index in [0.29, 0.717) is 17.8 Å². The van der Waals surface area contributed by atoms with E-state index in [4.69, 9.17) is 0 Å². The van der Waals surface area contributed by atoms with Gasteiger partial charge in [-0.05, 0) is 43.7 Å². The molecule has 0 aliphatic carbocycles. The van der Waals surface area contributed by atoms with Crippen molar-refractivity contribution in [1.82, 2.24) is 0 Å². The van der Waals surface area contributed by atoms with Gasteiger partial charge in [-0.15, -0.1) is 11.8 Å². The van der Waals surface area contributed by atoms with Crippen LogP contribution in [0.1, 0.15) is 24.5 Å². The maximum Gasteiger partial charge on any atom is 0.261 e. The van der Waals surface area contributed by atoms with E-state index < -0.39 is 10.0 Å². The second kappa shape index (κ2) is 6.72.